The highest BCUT2D eigenvalue weighted by Gasteiger charge is 2.23. The molecule has 3 rings (SSSR count). The highest BCUT2D eigenvalue weighted by molar-refractivity contribution is 9.10. The van der Waals surface area contributed by atoms with Gasteiger partial charge in [-0.3, -0.25) is 9.78 Å². The van der Waals surface area contributed by atoms with Crippen molar-refractivity contribution in [2.45, 2.75) is 0 Å². The van der Waals surface area contributed by atoms with E-state index in [1.807, 2.05) is 4.90 Å². The first-order valence-electron chi connectivity index (χ1n) is 6.66. The molecule has 0 aromatic carbocycles. The van der Waals surface area contributed by atoms with Crippen LogP contribution in [0.25, 0.3) is 0 Å². The Morgan fingerprint density at radius 3 is 2.48 bits per heavy atom. The van der Waals surface area contributed by atoms with Crippen molar-refractivity contribution in [2.24, 2.45) is 0 Å². The third-order valence-electron chi connectivity index (χ3n) is 3.35. The highest BCUT2D eigenvalue weighted by atomic mass is 79.9. The summed E-state index contributed by atoms with van der Waals surface area (Å²) in [5, 5.41) is 0. The molecule has 0 atom stereocenters. The maximum atomic E-state index is 12.4. The van der Waals surface area contributed by atoms with Crippen LogP contribution < -0.4 is 4.90 Å². The Balaban J connectivity index is 1.64. The van der Waals surface area contributed by atoms with E-state index in [0.717, 1.165) is 17.6 Å². The molecule has 108 valence electrons. The summed E-state index contributed by atoms with van der Waals surface area (Å²) in [6.07, 6.45) is 6.72. The number of halogens is 1. The summed E-state index contributed by atoms with van der Waals surface area (Å²) in [7, 11) is 0. The van der Waals surface area contributed by atoms with Crippen molar-refractivity contribution in [2.75, 3.05) is 31.1 Å². The van der Waals surface area contributed by atoms with Gasteiger partial charge in [0.15, 0.2) is 0 Å². The number of hydrogen-bond donors (Lipinski definition) is 0. The lowest BCUT2D eigenvalue weighted by Gasteiger charge is -2.34. The van der Waals surface area contributed by atoms with Gasteiger partial charge in [0.25, 0.3) is 5.91 Å². The number of hydrogen-bond acceptors (Lipinski definition) is 5. The molecule has 1 amide bonds. The van der Waals surface area contributed by atoms with E-state index in [9.17, 15) is 4.79 Å². The lowest BCUT2D eigenvalue weighted by molar-refractivity contribution is 0.0745. The molecular formula is C14H14BrN5O. The van der Waals surface area contributed by atoms with Crippen LogP contribution in [-0.2, 0) is 0 Å². The fourth-order valence-corrected chi connectivity index (χ4v) is 2.64. The Kier molecular flexibility index (Phi) is 4.10. The van der Waals surface area contributed by atoms with Crippen LogP contribution >= 0.6 is 15.9 Å². The van der Waals surface area contributed by atoms with Crippen molar-refractivity contribution in [1.82, 2.24) is 19.9 Å². The van der Waals surface area contributed by atoms with E-state index in [4.69, 9.17) is 0 Å². The molecular weight excluding hydrogens is 334 g/mol. The Morgan fingerprint density at radius 1 is 1.10 bits per heavy atom. The van der Waals surface area contributed by atoms with Crippen molar-refractivity contribution < 1.29 is 4.79 Å². The monoisotopic (exact) mass is 347 g/mol. The van der Waals surface area contributed by atoms with Crippen molar-refractivity contribution in [3.05, 3.63) is 47.0 Å². The van der Waals surface area contributed by atoms with Crippen molar-refractivity contribution >= 4 is 27.8 Å². The maximum Gasteiger partial charge on any atom is 0.255 e. The molecule has 2 aromatic heterocycles. The number of piperazine rings is 1. The minimum Gasteiger partial charge on any atom is -0.337 e. The van der Waals surface area contributed by atoms with Gasteiger partial charge in [-0.05, 0) is 28.1 Å². The van der Waals surface area contributed by atoms with Gasteiger partial charge in [0.05, 0.1) is 5.56 Å². The third-order valence-corrected chi connectivity index (χ3v) is 3.79. The number of nitrogens with zero attached hydrogens (tertiary/aromatic N) is 5. The van der Waals surface area contributed by atoms with E-state index in [-0.39, 0.29) is 5.91 Å². The molecule has 0 unspecified atom stereocenters. The minimum atomic E-state index is 0.0115. The van der Waals surface area contributed by atoms with Crippen LogP contribution in [0.2, 0.25) is 0 Å². The summed E-state index contributed by atoms with van der Waals surface area (Å²) in [4.78, 5) is 28.8. The summed E-state index contributed by atoms with van der Waals surface area (Å²) in [5.74, 6) is 0.728. The SMILES string of the molecule is O=C(c1cncc(Br)c1)N1CCN(c2ncccn2)CC1. The number of pyridine rings is 1. The van der Waals surface area contributed by atoms with Crippen LogP contribution in [0.5, 0.6) is 0 Å². The second kappa shape index (κ2) is 6.17. The molecule has 0 spiro atoms. The number of amides is 1. The average molecular weight is 348 g/mol. The van der Waals surface area contributed by atoms with Crippen LogP contribution in [0.15, 0.2) is 41.4 Å². The van der Waals surface area contributed by atoms with E-state index in [1.165, 1.54) is 0 Å². The molecule has 7 heteroatoms. The molecule has 21 heavy (non-hydrogen) atoms. The largest absolute Gasteiger partial charge is 0.337 e. The van der Waals surface area contributed by atoms with Gasteiger partial charge in [0.1, 0.15) is 0 Å². The molecule has 2 aromatic rings. The number of carbonyl (C=O) groups is 1. The van der Waals surface area contributed by atoms with Gasteiger partial charge in [0, 0.05) is 55.4 Å². The van der Waals surface area contributed by atoms with Crippen LogP contribution in [0, 0.1) is 0 Å². The first-order valence-corrected chi connectivity index (χ1v) is 7.45. The smallest absolute Gasteiger partial charge is 0.255 e. The maximum absolute atomic E-state index is 12.4. The van der Waals surface area contributed by atoms with Crippen LogP contribution in [0.4, 0.5) is 5.95 Å². The molecule has 0 bridgehead atoms. The van der Waals surface area contributed by atoms with E-state index in [2.05, 4.69) is 35.8 Å². The lowest BCUT2D eigenvalue weighted by atomic mass is 10.2. The second-order valence-corrected chi connectivity index (χ2v) is 5.64. The molecule has 1 fully saturated rings. The predicted octanol–water partition coefficient (Wildman–Crippen LogP) is 1.60. The lowest BCUT2D eigenvalue weighted by Crippen LogP contribution is -2.49. The number of carbonyl (C=O) groups excluding carboxylic acids is 1. The Bertz CT molecular complexity index is 628. The van der Waals surface area contributed by atoms with E-state index >= 15 is 0 Å². The van der Waals surface area contributed by atoms with Gasteiger partial charge >= 0.3 is 0 Å². The fraction of sp³-hybridized carbons (Fsp3) is 0.286. The van der Waals surface area contributed by atoms with Crippen LogP contribution in [-0.4, -0.2) is 51.9 Å². The Morgan fingerprint density at radius 2 is 1.81 bits per heavy atom. The van der Waals surface area contributed by atoms with Gasteiger partial charge in [-0.2, -0.15) is 0 Å². The van der Waals surface area contributed by atoms with Gasteiger partial charge < -0.3 is 9.80 Å². The molecule has 3 heterocycles. The summed E-state index contributed by atoms with van der Waals surface area (Å²) in [6.45, 7) is 2.78. The van der Waals surface area contributed by atoms with Crippen molar-refractivity contribution in [3.63, 3.8) is 0 Å². The topological polar surface area (TPSA) is 62.2 Å². The summed E-state index contributed by atoms with van der Waals surface area (Å²) < 4.78 is 0.810. The number of rotatable bonds is 2. The summed E-state index contributed by atoms with van der Waals surface area (Å²) in [6, 6.07) is 3.59. The molecule has 1 saturated heterocycles. The van der Waals surface area contributed by atoms with Crippen LogP contribution in [0.3, 0.4) is 0 Å². The molecule has 0 radical (unpaired) electrons. The molecule has 6 nitrogen and oxygen atoms in total. The Hall–Kier alpha value is -2.02. The van der Waals surface area contributed by atoms with Crippen molar-refractivity contribution in [3.8, 4) is 0 Å². The highest BCUT2D eigenvalue weighted by Crippen LogP contribution is 2.14. The van der Waals surface area contributed by atoms with Gasteiger partial charge in [-0.1, -0.05) is 0 Å². The molecule has 1 aliphatic rings. The first kappa shape index (κ1) is 13.9. The fourth-order valence-electron chi connectivity index (χ4n) is 2.28. The van der Waals surface area contributed by atoms with E-state index in [1.54, 1.807) is 36.9 Å². The molecule has 1 aliphatic heterocycles. The second-order valence-electron chi connectivity index (χ2n) is 4.72. The Labute approximate surface area is 131 Å². The number of anilines is 1. The minimum absolute atomic E-state index is 0.0115. The first-order chi connectivity index (χ1) is 10.2. The molecule has 0 N–H and O–H groups in total. The van der Waals surface area contributed by atoms with Gasteiger partial charge in [0.2, 0.25) is 5.95 Å². The predicted molar refractivity (Wildman–Crippen MR) is 82.1 cm³/mol. The summed E-state index contributed by atoms with van der Waals surface area (Å²) in [5.41, 5.74) is 0.605. The zero-order chi connectivity index (χ0) is 14.7. The van der Waals surface area contributed by atoms with Gasteiger partial charge in [-0.25, -0.2) is 9.97 Å². The summed E-state index contributed by atoms with van der Waals surface area (Å²) >= 11 is 3.34. The average Bonchev–Trinajstić information content (AvgIpc) is 2.55. The standard InChI is InChI=1S/C14H14BrN5O/c15-12-8-11(9-16-10-12)13(21)19-4-6-20(7-5-19)14-17-2-1-3-18-14/h1-3,8-10H,4-7H2. The van der Waals surface area contributed by atoms with Crippen LogP contribution in [0.1, 0.15) is 10.4 Å². The zero-order valence-electron chi connectivity index (χ0n) is 11.3. The molecule has 0 aliphatic carbocycles. The normalized spacial score (nSPS) is 15.1. The third kappa shape index (κ3) is 3.18. The number of aromatic nitrogens is 3. The zero-order valence-corrected chi connectivity index (χ0v) is 12.9. The van der Waals surface area contributed by atoms with E-state index < -0.39 is 0 Å². The van der Waals surface area contributed by atoms with Crippen molar-refractivity contribution in [1.29, 1.82) is 0 Å². The van der Waals surface area contributed by atoms with E-state index in [0.29, 0.717) is 24.6 Å². The molecule has 0 saturated carbocycles. The quantitative estimate of drug-likeness (QED) is 0.825. The van der Waals surface area contributed by atoms with Gasteiger partial charge in [-0.15, -0.1) is 0 Å².